The number of allylic oxidation sites excluding steroid dienone is 1. The lowest BCUT2D eigenvalue weighted by Gasteiger charge is -2.30. The van der Waals surface area contributed by atoms with Gasteiger partial charge in [-0.1, -0.05) is 67.5 Å². The average Bonchev–Trinajstić information content (AvgIpc) is 3.47. The van der Waals surface area contributed by atoms with Crippen LogP contribution < -0.4 is 20.1 Å². The molecule has 4 atom stereocenters. The molecule has 2 fully saturated rings. The first-order valence-corrected chi connectivity index (χ1v) is 18.3. The standard InChI is InChI=1S/C35H47N5O7S/c1-34(2,3)47-33(44)37-28-15-8-6-4-5-7-14-27-23-35(27,38-30(41)29-16-11-21-40(29)31(28)42)32(43)39-48(45,46)36-20-19-24-17-18-25-12-9-10-13-26(25)22-24/h7,9-10,12-14,17-18,22,27-29,36H,4-6,8,11,15-16,19-21,23H2,1-3H3,(H,37,44)(H,38,41)(H,39,43)/b14-7-/t27-,28-,29-,35+/m0/s1. The number of nitrogens with one attached hydrogen (secondary N) is 4. The highest BCUT2D eigenvalue weighted by molar-refractivity contribution is 7.88. The Kier molecular flexibility index (Phi) is 10.8. The molecule has 0 spiro atoms. The molecule has 4 N–H and O–H groups in total. The van der Waals surface area contributed by atoms with Crippen LogP contribution in [-0.4, -0.2) is 73.4 Å². The predicted octanol–water partition coefficient (Wildman–Crippen LogP) is 3.61. The van der Waals surface area contributed by atoms with Gasteiger partial charge in [-0.3, -0.25) is 14.4 Å². The summed E-state index contributed by atoms with van der Waals surface area (Å²) >= 11 is 0. The van der Waals surface area contributed by atoms with Gasteiger partial charge in [-0.2, -0.15) is 13.1 Å². The first kappa shape index (κ1) is 35.3. The van der Waals surface area contributed by atoms with Crippen molar-refractivity contribution in [2.24, 2.45) is 5.92 Å². The van der Waals surface area contributed by atoms with Crippen LogP contribution in [0.25, 0.3) is 10.8 Å². The Balaban J connectivity index is 1.26. The molecule has 4 amide bonds. The molecule has 2 aromatic rings. The van der Waals surface area contributed by atoms with E-state index in [0.717, 1.165) is 29.2 Å². The number of hydrogen-bond acceptors (Lipinski definition) is 7. The molecule has 2 heterocycles. The van der Waals surface area contributed by atoms with Crippen molar-refractivity contribution in [3.8, 4) is 0 Å². The first-order chi connectivity index (χ1) is 22.8. The average molecular weight is 682 g/mol. The summed E-state index contributed by atoms with van der Waals surface area (Å²) < 4.78 is 36.0. The van der Waals surface area contributed by atoms with E-state index in [2.05, 4.69) is 20.1 Å². The van der Waals surface area contributed by atoms with E-state index in [9.17, 15) is 27.6 Å². The van der Waals surface area contributed by atoms with Crippen molar-refractivity contribution in [3.05, 3.63) is 60.2 Å². The van der Waals surface area contributed by atoms with E-state index in [0.29, 0.717) is 45.1 Å². The zero-order chi connectivity index (χ0) is 34.5. The highest BCUT2D eigenvalue weighted by Gasteiger charge is 2.61. The number of nitrogens with zero attached hydrogens (tertiary/aromatic N) is 1. The number of ether oxygens (including phenoxy) is 1. The fraction of sp³-hybridized carbons (Fsp3) is 0.543. The lowest BCUT2D eigenvalue weighted by molar-refractivity contribution is -0.141. The Bertz CT molecular complexity index is 1670. The Labute approximate surface area is 282 Å². The summed E-state index contributed by atoms with van der Waals surface area (Å²) in [6, 6.07) is 12.1. The van der Waals surface area contributed by atoms with Crippen LogP contribution in [0.3, 0.4) is 0 Å². The van der Waals surface area contributed by atoms with Crippen LogP contribution in [0.4, 0.5) is 4.79 Å². The molecule has 13 heteroatoms. The number of amides is 4. The van der Waals surface area contributed by atoms with Gasteiger partial charge in [0.05, 0.1) is 0 Å². The van der Waals surface area contributed by atoms with E-state index < -0.39 is 57.3 Å². The van der Waals surface area contributed by atoms with Crippen molar-refractivity contribution in [2.45, 2.75) is 102 Å². The van der Waals surface area contributed by atoms with Gasteiger partial charge in [0.15, 0.2) is 0 Å². The largest absolute Gasteiger partial charge is 0.444 e. The van der Waals surface area contributed by atoms with Crippen LogP contribution in [0.5, 0.6) is 0 Å². The van der Waals surface area contributed by atoms with E-state index >= 15 is 0 Å². The summed E-state index contributed by atoms with van der Waals surface area (Å²) in [4.78, 5) is 55.2. The number of carbonyl (C=O) groups excluding carboxylic acids is 4. The summed E-state index contributed by atoms with van der Waals surface area (Å²) in [7, 11) is -4.24. The minimum atomic E-state index is -4.24. The molecule has 2 aromatic carbocycles. The van der Waals surface area contributed by atoms with Gasteiger partial charge in [-0.15, -0.1) is 0 Å². The molecule has 0 radical (unpaired) electrons. The summed E-state index contributed by atoms with van der Waals surface area (Å²) in [6.45, 7) is 5.61. The minimum Gasteiger partial charge on any atom is -0.444 e. The maximum Gasteiger partial charge on any atom is 0.408 e. The SMILES string of the molecule is CC(C)(C)OC(=O)N[C@H]1CCCCC/C=C\[C@H]2C[C@@]2(C(=O)NS(=O)(=O)NCCc2ccc3ccccc3c2)NC(=O)[C@@H]2CCCN2C1=O. The Hall–Kier alpha value is -3.97. The summed E-state index contributed by atoms with van der Waals surface area (Å²) in [5.74, 6) is -2.13. The normalized spacial score (nSPS) is 25.9. The van der Waals surface area contributed by atoms with Crippen molar-refractivity contribution in [3.63, 3.8) is 0 Å². The van der Waals surface area contributed by atoms with Gasteiger partial charge in [0.1, 0.15) is 23.2 Å². The maximum atomic E-state index is 13.8. The third-order valence-electron chi connectivity index (χ3n) is 9.07. The molecule has 0 aromatic heterocycles. The van der Waals surface area contributed by atoms with Gasteiger partial charge in [-0.05, 0) is 82.1 Å². The number of benzene rings is 2. The third kappa shape index (κ3) is 8.93. The lowest BCUT2D eigenvalue weighted by Crippen LogP contribution is -2.59. The van der Waals surface area contributed by atoms with E-state index in [1.54, 1.807) is 20.8 Å². The van der Waals surface area contributed by atoms with Crippen molar-refractivity contribution in [2.75, 3.05) is 13.1 Å². The molecule has 48 heavy (non-hydrogen) atoms. The van der Waals surface area contributed by atoms with Gasteiger partial charge in [0.2, 0.25) is 11.8 Å². The number of fused-ring (bicyclic) bond motifs is 3. The molecule has 0 unspecified atom stereocenters. The van der Waals surface area contributed by atoms with Gasteiger partial charge < -0.3 is 20.3 Å². The molecule has 1 aliphatic carbocycles. The molecule has 0 bridgehead atoms. The number of alkyl carbamates (subject to hydrolysis) is 1. The molecule has 5 rings (SSSR count). The molecule has 1 saturated carbocycles. The van der Waals surface area contributed by atoms with E-state index in [4.69, 9.17) is 4.74 Å². The zero-order valence-electron chi connectivity index (χ0n) is 27.9. The highest BCUT2D eigenvalue weighted by Crippen LogP contribution is 2.45. The molecule has 1 saturated heterocycles. The molecule has 12 nitrogen and oxygen atoms in total. The van der Waals surface area contributed by atoms with Gasteiger partial charge in [-0.25, -0.2) is 9.52 Å². The Morgan fingerprint density at radius 3 is 2.56 bits per heavy atom. The zero-order valence-corrected chi connectivity index (χ0v) is 28.7. The number of rotatable bonds is 7. The molecular formula is C35H47N5O7S. The first-order valence-electron chi connectivity index (χ1n) is 16.8. The summed E-state index contributed by atoms with van der Waals surface area (Å²) in [5, 5.41) is 7.69. The van der Waals surface area contributed by atoms with Crippen molar-refractivity contribution < 1.29 is 32.3 Å². The second-order valence-electron chi connectivity index (χ2n) is 14.0. The van der Waals surface area contributed by atoms with Gasteiger partial charge in [0, 0.05) is 19.0 Å². The van der Waals surface area contributed by atoms with Crippen molar-refractivity contribution in [1.29, 1.82) is 0 Å². The fourth-order valence-corrected chi connectivity index (χ4v) is 7.39. The van der Waals surface area contributed by atoms with Crippen LogP contribution in [0.1, 0.15) is 77.7 Å². The van der Waals surface area contributed by atoms with Gasteiger partial charge in [0.25, 0.3) is 5.91 Å². The number of hydrogen-bond donors (Lipinski definition) is 4. The molecule has 3 aliphatic rings. The quantitative estimate of drug-likeness (QED) is 0.325. The van der Waals surface area contributed by atoms with E-state index in [1.807, 2.05) is 54.6 Å². The molecular weight excluding hydrogens is 634 g/mol. The Morgan fingerprint density at radius 2 is 1.79 bits per heavy atom. The summed E-state index contributed by atoms with van der Waals surface area (Å²) in [5.41, 5.74) is -1.26. The van der Waals surface area contributed by atoms with Crippen LogP contribution in [0.2, 0.25) is 0 Å². The second kappa shape index (κ2) is 14.7. The monoisotopic (exact) mass is 681 g/mol. The highest BCUT2D eigenvalue weighted by atomic mass is 32.2. The van der Waals surface area contributed by atoms with E-state index in [-0.39, 0.29) is 18.9 Å². The maximum absolute atomic E-state index is 13.8. The van der Waals surface area contributed by atoms with Crippen molar-refractivity contribution >= 4 is 44.8 Å². The van der Waals surface area contributed by atoms with Crippen LogP contribution >= 0.6 is 0 Å². The molecule has 260 valence electrons. The minimum absolute atomic E-state index is 0.0707. The molecule has 2 aliphatic heterocycles. The van der Waals surface area contributed by atoms with Crippen LogP contribution in [-0.2, 0) is 35.8 Å². The number of carbonyl (C=O) groups is 4. The van der Waals surface area contributed by atoms with Crippen LogP contribution in [0, 0.1) is 5.92 Å². The topological polar surface area (TPSA) is 163 Å². The Morgan fingerprint density at radius 1 is 1.02 bits per heavy atom. The van der Waals surface area contributed by atoms with Crippen LogP contribution in [0.15, 0.2) is 54.6 Å². The van der Waals surface area contributed by atoms with Gasteiger partial charge >= 0.3 is 16.3 Å². The summed E-state index contributed by atoms with van der Waals surface area (Å²) in [6.07, 6.45) is 8.14. The third-order valence-corrected chi connectivity index (χ3v) is 10.1. The van der Waals surface area contributed by atoms with E-state index in [1.165, 1.54) is 4.90 Å². The van der Waals surface area contributed by atoms with Crippen molar-refractivity contribution in [1.82, 2.24) is 25.0 Å². The lowest BCUT2D eigenvalue weighted by atomic mass is 10.0. The predicted molar refractivity (Wildman–Crippen MR) is 182 cm³/mol. The smallest absolute Gasteiger partial charge is 0.408 e. The fourth-order valence-electron chi connectivity index (χ4n) is 6.52. The second-order valence-corrected chi connectivity index (χ2v) is 15.5.